The van der Waals surface area contributed by atoms with Crippen LogP contribution in [-0.2, 0) is 0 Å². The van der Waals surface area contributed by atoms with Crippen LogP contribution in [0.2, 0.25) is 0 Å². The molecular weight excluding hydrogens is 112 g/mol. The molecule has 0 bridgehead atoms. The molecule has 54 valence electrons. The summed E-state index contributed by atoms with van der Waals surface area (Å²) in [6.45, 7) is 3.18. The fraction of sp³-hybridized carbons (Fsp3) is 1.00. The molecule has 0 unspecified atom stereocenters. The minimum absolute atomic E-state index is 0.743. The second kappa shape index (κ2) is 3.85. The van der Waals surface area contributed by atoms with Crippen molar-refractivity contribution in [3.63, 3.8) is 0 Å². The summed E-state index contributed by atoms with van der Waals surface area (Å²) in [5.41, 5.74) is 5.53. The van der Waals surface area contributed by atoms with Crippen molar-refractivity contribution < 1.29 is 0 Å². The molecular formula is C7H16N2. The van der Waals surface area contributed by atoms with E-state index in [1.165, 1.54) is 25.8 Å². The largest absolute Gasteiger partial charge is 0.330 e. The van der Waals surface area contributed by atoms with Crippen LogP contribution in [0.25, 0.3) is 0 Å². The lowest BCUT2D eigenvalue weighted by Gasteiger charge is -2.09. The Balaban J connectivity index is 2.18. The van der Waals surface area contributed by atoms with E-state index in [0.717, 1.165) is 19.0 Å². The maximum Gasteiger partial charge on any atom is -0.000846 e. The molecule has 0 aromatic rings. The highest BCUT2D eigenvalue weighted by atomic mass is 14.9. The van der Waals surface area contributed by atoms with Gasteiger partial charge in [-0.3, -0.25) is 0 Å². The Labute approximate surface area is 56.8 Å². The Morgan fingerprint density at radius 2 is 2.33 bits per heavy atom. The van der Waals surface area contributed by atoms with Crippen LogP contribution in [0.15, 0.2) is 0 Å². The van der Waals surface area contributed by atoms with E-state index in [2.05, 4.69) is 5.32 Å². The molecule has 1 rings (SSSR count). The summed E-state index contributed by atoms with van der Waals surface area (Å²) in [5.74, 6) is 0.743. The molecule has 1 saturated heterocycles. The van der Waals surface area contributed by atoms with Gasteiger partial charge >= 0.3 is 0 Å². The minimum atomic E-state index is 0.743. The molecule has 1 aliphatic rings. The average molecular weight is 128 g/mol. The highest BCUT2D eigenvalue weighted by molar-refractivity contribution is 4.67. The zero-order valence-electron chi connectivity index (χ0n) is 5.90. The molecule has 1 fully saturated rings. The van der Waals surface area contributed by atoms with Crippen molar-refractivity contribution >= 4 is 0 Å². The number of hydrogen-bond acceptors (Lipinski definition) is 2. The summed E-state index contributed by atoms with van der Waals surface area (Å²) in [6.07, 6.45) is 4.01. The number of nitrogens with one attached hydrogen (secondary N) is 1. The zero-order chi connectivity index (χ0) is 6.53. The summed E-state index contributed by atoms with van der Waals surface area (Å²) in [5, 5.41) is 3.37. The van der Waals surface area contributed by atoms with Crippen molar-refractivity contribution in [3.05, 3.63) is 0 Å². The van der Waals surface area contributed by atoms with Crippen LogP contribution in [0.1, 0.15) is 19.3 Å². The summed E-state index contributed by atoms with van der Waals surface area (Å²) < 4.78 is 0. The third-order valence-electron chi connectivity index (χ3n) is 1.98. The Hall–Kier alpha value is -0.0800. The van der Waals surface area contributed by atoms with Gasteiger partial charge in [0, 0.05) is 0 Å². The van der Waals surface area contributed by atoms with Gasteiger partial charge in [0.25, 0.3) is 0 Å². The lowest BCUT2D eigenvalue weighted by molar-refractivity contribution is 0.490. The minimum Gasteiger partial charge on any atom is -0.330 e. The van der Waals surface area contributed by atoms with E-state index in [1.54, 1.807) is 0 Å². The van der Waals surface area contributed by atoms with Crippen LogP contribution in [-0.4, -0.2) is 19.6 Å². The van der Waals surface area contributed by atoms with Gasteiger partial charge in [-0.15, -0.1) is 0 Å². The smallest absolute Gasteiger partial charge is 0.000846 e. The lowest BCUT2D eigenvalue weighted by atomic mass is 10.0. The lowest BCUT2D eigenvalue weighted by Crippen LogP contribution is -2.25. The number of rotatable bonds is 1. The normalized spacial score (nSPS) is 29.7. The van der Waals surface area contributed by atoms with Gasteiger partial charge < -0.3 is 11.1 Å². The fourth-order valence-corrected chi connectivity index (χ4v) is 1.29. The van der Waals surface area contributed by atoms with Crippen LogP contribution in [0, 0.1) is 5.92 Å². The summed E-state index contributed by atoms with van der Waals surface area (Å²) in [4.78, 5) is 0. The van der Waals surface area contributed by atoms with Gasteiger partial charge in [-0.05, 0) is 38.4 Å². The van der Waals surface area contributed by atoms with E-state index in [4.69, 9.17) is 5.73 Å². The third kappa shape index (κ3) is 2.33. The molecule has 1 atom stereocenters. The molecule has 0 saturated carbocycles. The van der Waals surface area contributed by atoms with Gasteiger partial charge in [0.2, 0.25) is 0 Å². The predicted molar refractivity (Wildman–Crippen MR) is 39.3 cm³/mol. The van der Waals surface area contributed by atoms with Gasteiger partial charge in [0.1, 0.15) is 0 Å². The summed E-state index contributed by atoms with van der Waals surface area (Å²) in [6, 6.07) is 0. The molecule has 0 radical (unpaired) electrons. The molecule has 0 aromatic carbocycles. The average Bonchev–Trinajstić information content (AvgIpc) is 2.13. The number of nitrogens with two attached hydrogens (primary N) is 1. The van der Waals surface area contributed by atoms with E-state index in [1.807, 2.05) is 0 Å². The molecule has 1 heterocycles. The molecule has 0 aromatic heterocycles. The quantitative estimate of drug-likeness (QED) is 0.534. The SMILES string of the molecule is NC[C@H]1CCCCNC1. The van der Waals surface area contributed by atoms with Crippen LogP contribution in [0.4, 0.5) is 0 Å². The summed E-state index contributed by atoms with van der Waals surface area (Å²) in [7, 11) is 0. The van der Waals surface area contributed by atoms with Crippen molar-refractivity contribution in [2.24, 2.45) is 11.7 Å². The molecule has 2 nitrogen and oxygen atoms in total. The van der Waals surface area contributed by atoms with Crippen molar-refractivity contribution in [1.29, 1.82) is 0 Å². The molecule has 3 N–H and O–H groups in total. The van der Waals surface area contributed by atoms with E-state index in [0.29, 0.717) is 0 Å². The monoisotopic (exact) mass is 128 g/mol. The van der Waals surface area contributed by atoms with Crippen molar-refractivity contribution in [1.82, 2.24) is 5.32 Å². The second-order valence-electron chi connectivity index (χ2n) is 2.80. The standard InChI is InChI=1S/C7H16N2/c8-5-7-3-1-2-4-9-6-7/h7,9H,1-6,8H2/t7-/m1/s1. The topological polar surface area (TPSA) is 38.0 Å². The van der Waals surface area contributed by atoms with Gasteiger partial charge in [0.15, 0.2) is 0 Å². The molecule has 9 heavy (non-hydrogen) atoms. The molecule has 1 aliphatic heterocycles. The van der Waals surface area contributed by atoms with Gasteiger partial charge in [-0.25, -0.2) is 0 Å². The van der Waals surface area contributed by atoms with E-state index < -0.39 is 0 Å². The van der Waals surface area contributed by atoms with E-state index in [9.17, 15) is 0 Å². The first-order valence-corrected chi connectivity index (χ1v) is 3.84. The Bertz CT molecular complexity index is 65.3. The Kier molecular flexibility index (Phi) is 3.01. The third-order valence-corrected chi connectivity index (χ3v) is 1.98. The molecule has 2 heteroatoms. The van der Waals surface area contributed by atoms with Crippen LogP contribution < -0.4 is 11.1 Å². The molecule has 0 amide bonds. The van der Waals surface area contributed by atoms with Gasteiger partial charge in [-0.2, -0.15) is 0 Å². The van der Waals surface area contributed by atoms with Crippen LogP contribution in [0.5, 0.6) is 0 Å². The highest BCUT2D eigenvalue weighted by Crippen LogP contribution is 2.08. The summed E-state index contributed by atoms with van der Waals surface area (Å²) >= 11 is 0. The Morgan fingerprint density at radius 1 is 1.44 bits per heavy atom. The molecule has 0 aliphatic carbocycles. The second-order valence-corrected chi connectivity index (χ2v) is 2.80. The predicted octanol–water partition coefficient (Wildman–Crippen LogP) is 0.335. The molecule has 0 spiro atoms. The van der Waals surface area contributed by atoms with Crippen molar-refractivity contribution in [2.75, 3.05) is 19.6 Å². The number of hydrogen-bond donors (Lipinski definition) is 2. The Morgan fingerprint density at radius 3 is 3.11 bits per heavy atom. The zero-order valence-corrected chi connectivity index (χ0v) is 5.90. The fourth-order valence-electron chi connectivity index (χ4n) is 1.29. The van der Waals surface area contributed by atoms with Gasteiger partial charge in [0.05, 0.1) is 0 Å². The van der Waals surface area contributed by atoms with Gasteiger partial charge in [-0.1, -0.05) is 6.42 Å². The van der Waals surface area contributed by atoms with E-state index >= 15 is 0 Å². The highest BCUT2D eigenvalue weighted by Gasteiger charge is 2.08. The first-order valence-electron chi connectivity index (χ1n) is 3.84. The maximum atomic E-state index is 5.53. The maximum absolute atomic E-state index is 5.53. The van der Waals surface area contributed by atoms with Crippen LogP contribution >= 0.6 is 0 Å². The van der Waals surface area contributed by atoms with Crippen LogP contribution in [0.3, 0.4) is 0 Å². The first kappa shape index (κ1) is 7.03. The van der Waals surface area contributed by atoms with Crippen molar-refractivity contribution in [2.45, 2.75) is 19.3 Å². The van der Waals surface area contributed by atoms with Crippen molar-refractivity contribution in [3.8, 4) is 0 Å². The van der Waals surface area contributed by atoms with E-state index in [-0.39, 0.29) is 0 Å². The first-order chi connectivity index (χ1) is 4.43.